The Bertz CT molecular complexity index is 966. The molecule has 18 N–H and O–H groups in total. The van der Waals surface area contributed by atoms with E-state index < -0.39 is 0 Å². The molecule has 0 unspecified atom stereocenters. The van der Waals surface area contributed by atoms with Gasteiger partial charge in [0, 0.05) is 206 Å². The molecule has 0 radical (unpaired) electrons. The van der Waals surface area contributed by atoms with E-state index in [0.29, 0.717) is 76.7 Å². The van der Waals surface area contributed by atoms with Crippen LogP contribution in [0, 0.1) is 0 Å². The lowest BCUT2D eigenvalue weighted by Gasteiger charge is -2.25. The largest absolute Gasteiger partial charge is 0.340 e. The molecule has 18 nitrogen and oxygen atoms in total. The first-order chi connectivity index (χ1) is 30.7. The highest BCUT2D eigenvalue weighted by atomic mass is 33.1. The molecule has 0 aliphatic rings. The van der Waals surface area contributed by atoms with Gasteiger partial charge in [-0.05, 0) is 27.7 Å². The molecule has 0 saturated heterocycles. The summed E-state index contributed by atoms with van der Waals surface area (Å²) in [7, 11) is 3.34. The molecule has 0 spiro atoms. The Morgan fingerprint density at radius 2 is 0.625 bits per heavy atom. The molecule has 0 aromatic heterocycles. The number of hydrogen-bond donors (Lipinski definition) is 14. The van der Waals surface area contributed by atoms with Gasteiger partial charge in [0.1, 0.15) is 0 Å². The summed E-state index contributed by atoms with van der Waals surface area (Å²) in [6.45, 7) is 37.0. The van der Waals surface area contributed by atoms with Gasteiger partial charge in [-0.1, -0.05) is 62.1 Å². The first kappa shape index (κ1) is 67.3. The number of nitrogens with two attached hydrogens (primary N) is 4. The molecule has 20 heteroatoms. The van der Waals surface area contributed by atoms with Crippen molar-refractivity contribution in [2.24, 2.45) is 22.9 Å². The average Bonchev–Trinajstić information content (AvgIpc) is 3.23. The van der Waals surface area contributed by atoms with Crippen LogP contribution in [-0.2, 0) is 9.59 Å². The van der Waals surface area contributed by atoms with E-state index in [1.54, 1.807) is 21.6 Å². The fourth-order valence-corrected chi connectivity index (χ4v) is 7.32. The zero-order chi connectivity index (χ0) is 48.4. The minimum absolute atomic E-state index is 0.150. The van der Waals surface area contributed by atoms with Crippen molar-refractivity contribution in [1.29, 1.82) is 0 Å². The summed E-state index contributed by atoms with van der Waals surface area (Å²) < 4.78 is 0. The van der Waals surface area contributed by atoms with E-state index in [9.17, 15) is 9.59 Å². The van der Waals surface area contributed by atoms with Gasteiger partial charge >= 0.3 is 0 Å². The van der Waals surface area contributed by atoms with Gasteiger partial charge in [-0.2, -0.15) is 0 Å². The van der Waals surface area contributed by atoms with Crippen LogP contribution in [0.5, 0.6) is 0 Å². The number of hydrogen-bond acceptors (Lipinski definition) is 18. The maximum Gasteiger partial charge on any atom is 0.223 e. The number of carbonyl (C=O) groups excluding carboxylic acids is 2. The smallest absolute Gasteiger partial charge is 0.223 e. The van der Waals surface area contributed by atoms with Gasteiger partial charge < -0.3 is 85.9 Å². The molecular formula is C44H106N16O2S2. The molecule has 0 bridgehead atoms. The van der Waals surface area contributed by atoms with E-state index in [1.165, 1.54) is 12.8 Å². The Balaban J connectivity index is -0.00000583. The fourth-order valence-electron chi connectivity index (χ4n) is 5.36. The van der Waals surface area contributed by atoms with Crippen molar-refractivity contribution < 1.29 is 9.59 Å². The van der Waals surface area contributed by atoms with E-state index in [2.05, 4.69) is 80.9 Å². The number of carbonyl (C=O) groups is 2. The quantitative estimate of drug-likeness (QED) is 0.0256. The number of nitrogens with zero attached hydrogens (tertiary/aromatic N) is 2. The summed E-state index contributed by atoms with van der Waals surface area (Å²) in [6, 6.07) is 0. The molecule has 0 aliphatic carbocycles. The highest BCUT2D eigenvalue weighted by Gasteiger charge is 2.16. The molecule has 0 saturated carbocycles. The fraction of sp³-hybridized carbons (Fsp3) is 0.955. The van der Waals surface area contributed by atoms with E-state index >= 15 is 0 Å². The second-order valence-corrected chi connectivity index (χ2v) is 19.9. The van der Waals surface area contributed by atoms with Gasteiger partial charge in [-0.3, -0.25) is 9.59 Å². The number of nitrogens with one attached hydrogen (secondary N) is 10. The second kappa shape index (κ2) is 51.5. The molecule has 2 amide bonds. The van der Waals surface area contributed by atoms with Gasteiger partial charge in [0.05, 0.1) is 0 Å². The highest BCUT2D eigenvalue weighted by Crippen LogP contribution is 2.23. The Morgan fingerprint density at radius 3 is 0.891 bits per heavy atom. The Hall–Kier alpha value is -0.920. The van der Waals surface area contributed by atoms with Crippen LogP contribution in [0.3, 0.4) is 0 Å². The SMILES string of the molecule is CC(C)(N)CNCCNCCN(CCNCCNCCNCCN)C(=O)CCSSCCC(=O)N(CCNCCNCCNCCNCCN)CCNCC(C)(C)N.CCC.CCC. The lowest BCUT2D eigenvalue weighted by molar-refractivity contribution is -0.131. The lowest BCUT2D eigenvalue weighted by atomic mass is 10.1. The maximum absolute atomic E-state index is 13.3. The van der Waals surface area contributed by atoms with Gasteiger partial charge in [-0.15, -0.1) is 0 Å². The van der Waals surface area contributed by atoms with Crippen molar-refractivity contribution >= 4 is 33.4 Å². The van der Waals surface area contributed by atoms with E-state index in [0.717, 1.165) is 118 Å². The number of amides is 2. The molecule has 0 aliphatic heterocycles. The standard InChI is InChI=1S/C38H90N16O2S2.2C3H8/c1-37(2,41)33-51-22-21-50-25-28-53(27-23-48-19-17-46-14-12-44-10-8-40)35(55)5-31-57-58-32-6-36(56)54(30-26-52-34-38(3,4)42)29-24-49-20-18-47-16-15-45-13-11-43-9-7-39;2*1-3-2/h43-52H,5-34,39-42H2,1-4H3;2*3H2,1-2H3. The summed E-state index contributed by atoms with van der Waals surface area (Å²) in [5.74, 6) is 1.72. The highest BCUT2D eigenvalue weighted by molar-refractivity contribution is 8.76. The van der Waals surface area contributed by atoms with Crippen molar-refractivity contribution in [3.05, 3.63) is 0 Å². The van der Waals surface area contributed by atoms with Crippen LogP contribution >= 0.6 is 21.6 Å². The molecule has 0 aromatic carbocycles. The van der Waals surface area contributed by atoms with Crippen LogP contribution in [0.1, 0.15) is 81.1 Å². The number of rotatable bonds is 45. The van der Waals surface area contributed by atoms with Crippen molar-refractivity contribution in [3.8, 4) is 0 Å². The Kier molecular flexibility index (Phi) is 54.2. The summed E-state index contributed by atoms with van der Waals surface area (Å²) in [5.41, 5.74) is 22.6. The molecular weight excluding hydrogens is 849 g/mol. The monoisotopic (exact) mass is 955 g/mol. The van der Waals surface area contributed by atoms with Crippen molar-refractivity contribution in [1.82, 2.24) is 63.0 Å². The first-order valence-electron chi connectivity index (χ1n) is 24.6. The van der Waals surface area contributed by atoms with E-state index in [1.807, 2.05) is 37.5 Å². The molecule has 386 valence electrons. The van der Waals surface area contributed by atoms with Crippen LogP contribution in [0.15, 0.2) is 0 Å². The second-order valence-electron chi connectivity index (χ2n) is 17.2. The van der Waals surface area contributed by atoms with E-state index in [4.69, 9.17) is 22.9 Å². The Labute approximate surface area is 401 Å². The zero-order valence-electron chi connectivity index (χ0n) is 42.5. The summed E-state index contributed by atoms with van der Waals surface area (Å²) in [6.07, 6.45) is 3.43. The maximum atomic E-state index is 13.3. The molecule has 0 atom stereocenters. The van der Waals surface area contributed by atoms with Gasteiger partial charge in [0.2, 0.25) is 11.8 Å². The topological polar surface area (TPSA) is 265 Å². The van der Waals surface area contributed by atoms with Crippen molar-refractivity contribution in [2.75, 3.05) is 182 Å². The minimum Gasteiger partial charge on any atom is -0.340 e. The average molecular weight is 956 g/mol. The molecule has 0 fully saturated rings. The van der Waals surface area contributed by atoms with Gasteiger partial charge in [0.15, 0.2) is 0 Å². The predicted octanol–water partition coefficient (Wildman–Crippen LogP) is -1.07. The van der Waals surface area contributed by atoms with Gasteiger partial charge in [-0.25, -0.2) is 0 Å². The van der Waals surface area contributed by atoms with Crippen LogP contribution in [0.2, 0.25) is 0 Å². The summed E-state index contributed by atoms with van der Waals surface area (Å²) in [5, 5.41) is 33.9. The van der Waals surface area contributed by atoms with Gasteiger partial charge in [0.25, 0.3) is 0 Å². The predicted molar refractivity (Wildman–Crippen MR) is 283 cm³/mol. The van der Waals surface area contributed by atoms with Crippen LogP contribution in [0.25, 0.3) is 0 Å². The molecule has 0 heterocycles. The normalized spacial score (nSPS) is 11.5. The van der Waals surface area contributed by atoms with E-state index in [-0.39, 0.29) is 22.9 Å². The van der Waals surface area contributed by atoms with Crippen molar-refractivity contribution in [2.45, 2.75) is 92.2 Å². The lowest BCUT2D eigenvalue weighted by Crippen LogP contribution is -2.46. The third-order valence-corrected chi connectivity index (χ3v) is 10.9. The first-order valence-corrected chi connectivity index (χ1v) is 27.1. The van der Waals surface area contributed by atoms with Crippen molar-refractivity contribution in [3.63, 3.8) is 0 Å². The third-order valence-electron chi connectivity index (χ3n) is 8.50. The summed E-state index contributed by atoms with van der Waals surface area (Å²) in [4.78, 5) is 30.5. The molecule has 0 rings (SSSR count). The minimum atomic E-state index is -0.305. The Morgan fingerprint density at radius 1 is 0.406 bits per heavy atom. The third kappa shape index (κ3) is 57.2. The molecule has 64 heavy (non-hydrogen) atoms. The van der Waals surface area contributed by atoms with Crippen LogP contribution in [0.4, 0.5) is 0 Å². The summed E-state index contributed by atoms with van der Waals surface area (Å²) >= 11 is 0. The zero-order valence-corrected chi connectivity index (χ0v) is 44.1. The molecule has 0 aromatic rings. The van der Waals surface area contributed by atoms with Crippen LogP contribution in [-0.4, -0.2) is 214 Å². The van der Waals surface area contributed by atoms with Crippen LogP contribution < -0.4 is 76.1 Å².